The number of benzene rings is 10. The van der Waals surface area contributed by atoms with Crippen LogP contribution in [0.4, 0.5) is 17.1 Å². The number of nitrogens with zero attached hydrogens (tertiary/aromatic N) is 1. The van der Waals surface area contributed by atoms with Gasteiger partial charge in [-0.3, -0.25) is 0 Å². The molecule has 10 aromatic carbocycles. The van der Waals surface area contributed by atoms with Gasteiger partial charge in [0.05, 0.1) is 22.2 Å². The van der Waals surface area contributed by atoms with Crippen molar-refractivity contribution in [3.63, 3.8) is 0 Å². The van der Waals surface area contributed by atoms with Crippen LogP contribution >= 0.6 is 11.3 Å². The fourth-order valence-electron chi connectivity index (χ4n) is 10.6. The molecule has 3 heteroatoms. The van der Waals surface area contributed by atoms with Crippen molar-refractivity contribution in [1.82, 2.24) is 0 Å². The highest BCUT2D eigenvalue weighted by Crippen LogP contribution is 2.58. The van der Waals surface area contributed by atoms with E-state index in [9.17, 15) is 0 Å². The summed E-state index contributed by atoms with van der Waals surface area (Å²) in [5, 5.41) is 4.66. The van der Waals surface area contributed by atoms with Gasteiger partial charge in [0.1, 0.15) is 11.2 Å². The number of rotatable bonds is 7. The van der Waals surface area contributed by atoms with E-state index >= 15 is 0 Å². The molecule has 1 atom stereocenters. The van der Waals surface area contributed by atoms with Gasteiger partial charge in [-0.1, -0.05) is 176 Å². The molecule has 2 nitrogen and oxygen atoms in total. The molecule has 0 saturated carbocycles. The maximum absolute atomic E-state index is 6.73. The van der Waals surface area contributed by atoms with Crippen molar-refractivity contribution >= 4 is 70.5 Å². The molecule has 0 bridgehead atoms. The molecular formula is C61H39NOS. The Balaban J connectivity index is 1.12. The van der Waals surface area contributed by atoms with E-state index in [0.717, 1.165) is 44.6 Å². The molecule has 12 aromatic rings. The lowest BCUT2D eigenvalue weighted by atomic mass is 9.67. The van der Waals surface area contributed by atoms with Crippen molar-refractivity contribution < 1.29 is 4.42 Å². The van der Waals surface area contributed by atoms with Gasteiger partial charge in [-0.25, -0.2) is 0 Å². The molecule has 0 aliphatic heterocycles. The molecule has 13 rings (SSSR count). The first-order valence-corrected chi connectivity index (χ1v) is 22.7. The summed E-state index contributed by atoms with van der Waals surface area (Å²) in [6, 6.07) is 86.7. The first-order chi connectivity index (χ1) is 31.7. The van der Waals surface area contributed by atoms with Crippen molar-refractivity contribution in [2.24, 2.45) is 0 Å². The van der Waals surface area contributed by atoms with Gasteiger partial charge in [0.15, 0.2) is 0 Å². The van der Waals surface area contributed by atoms with Crippen molar-refractivity contribution in [2.75, 3.05) is 4.90 Å². The number of thiophene rings is 1. The lowest BCUT2D eigenvalue weighted by molar-refractivity contribution is 0.669. The average molecular weight is 834 g/mol. The van der Waals surface area contributed by atoms with Crippen LogP contribution in [-0.2, 0) is 5.41 Å². The van der Waals surface area contributed by atoms with Gasteiger partial charge < -0.3 is 9.32 Å². The first-order valence-electron chi connectivity index (χ1n) is 21.9. The van der Waals surface area contributed by atoms with Crippen molar-refractivity contribution in [2.45, 2.75) is 5.41 Å². The summed E-state index contributed by atoms with van der Waals surface area (Å²) < 4.78 is 9.25. The number of furan rings is 1. The summed E-state index contributed by atoms with van der Waals surface area (Å²) in [6.45, 7) is 0. The fourth-order valence-corrected chi connectivity index (χ4v) is 11.7. The zero-order valence-corrected chi connectivity index (χ0v) is 35.6. The maximum atomic E-state index is 6.73. The van der Waals surface area contributed by atoms with E-state index in [-0.39, 0.29) is 0 Å². The van der Waals surface area contributed by atoms with E-state index in [1.165, 1.54) is 70.2 Å². The molecule has 0 N–H and O–H groups in total. The molecule has 0 radical (unpaired) electrons. The smallest absolute Gasteiger partial charge is 0.137 e. The summed E-state index contributed by atoms with van der Waals surface area (Å²) >= 11 is 1.85. The van der Waals surface area contributed by atoms with Gasteiger partial charge in [-0.15, -0.1) is 11.3 Å². The Morgan fingerprint density at radius 3 is 1.78 bits per heavy atom. The van der Waals surface area contributed by atoms with E-state index in [1.54, 1.807) is 0 Å². The Kier molecular flexibility index (Phi) is 8.34. The van der Waals surface area contributed by atoms with Gasteiger partial charge in [0.25, 0.3) is 0 Å². The van der Waals surface area contributed by atoms with E-state index in [0.29, 0.717) is 0 Å². The van der Waals surface area contributed by atoms with Crippen LogP contribution in [-0.4, -0.2) is 0 Å². The van der Waals surface area contributed by atoms with Crippen molar-refractivity contribution in [1.29, 1.82) is 0 Å². The van der Waals surface area contributed by atoms with Crippen LogP contribution in [0.25, 0.3) is 75.5 Å². The van der Waals surface area contributed by atoms with Crippen LogP contribution in [0.3, 0.4) is 0 Å². The van der Waals surface area contributed by atoms with Gasteiger partial charge >= 0.3 is 0 Å². The molecule has 64 heavy (non-hydrogen) atoms. The highest BCUT2D eigenvalue weighted by Gasteiger charge is 2.46. The second-order valence-corrected chi connectivity index (χ2v) is 17.8. The van der Waals surface area contributed by atoms with Crippen LogP contribution < -0.4 is 4.90 Å². The predicted octanol–water partition coefficient (Wildman–Crippen LogP) is 17.1. The van der Waals surface area contributed by atoms with E-state index < -0.39 is 5.41 Å². The average Bonchev–Trinajstić information content (AvgIpc) is 4.04. The Morgan fingerprint density at radius 1 is 0.359 bits per heavy atom. The quantitative estimate of drug-likeness (QED) is 0.159. The third kappa shape index (κ3) is 5.51. The van der Waals surface area contributed by atoms with E-state index in [4.69, 9.17) is 4.42 Å². The van der Waals surface area contributed by atoms with E-state index in [1.807, 2.05) is 11.3 Å². The molecule has 0 spiro atoms. The number of anilines is 3. The molecule has 1 unspecified atom stereocenters. The third-order valence-corrected chi connectivity index (χ3v) is 14.5. The highest BCUT2D eigenvalue weighted by atomic mass is 32.1. The van der Waals surface area contributed by atoms with Gasteiger partial charge in [0, 0.05) is 31.2 Å². The Morgan fingerprint density at radius 2 is 0.969 bits per heavy atom. The second-order valence-electron chi connectivity index (χ2n) is 16.8. The normalized spacial score (nSPS) is 14.3. The SMILES string of the molecule is c1ccc(-c2ccc3c(c2)C(c2ccccc2)(c2cccc(N(c4cccc5oc6ccc(-c7ccccc7)cc6c45)c4cccc5sc6ccccc6c45)c2)c2ccccc2-3)cc1. The molecule has 0 amide bonds. The summed E-state index contributed by atoms with van der Waals surface area (Å²) in [6.07, 6.45) is 0. The van der Waals surface area contributed by atoms with Crippen LogP contribution in [0.5, 0.6) is 0 Å². The maximum Gasteiger partial charge on any atom is 0.137 e. The van der Waals surface area contributed by atoms with Gasteiger partial charge in [0.2, 0.25) is 0 Å². The summed E-state index contributed by atoms with van der Waals surface area (Å²) in [5.74, 6) is 0. The second kappa shape index (κ2) is 14.6. The van der Waals surface area contributed by atoms with Crippen LogP contribution in [0.2, 0.25) is 0 Å². The number of fused-ring (bicyclic) bond motifs is 9. The Hall–Kier alpha value is -7.98. The molecule has 0 saturated heterocycles. The van der Waals surface area contributed by atoms with Crippen LogP contribution in [0, 0.1) is 0 Å². The lowest BCUT2D eigenvalue weighted by Crippen LogP contribution is -2.29. The molecule has 2 aromatic heterocycles. The topological polar surface area (TPSA) is 16.4 Å². The molecule has 2 heterocycles. The van der Waals surface area contributed by atoms with Gasteiger partial charge in [-0.2, -0.15) is 0 Å². The minimum atomic E-state index is -0.611. The molecule has 1 aliphatic rings. The van der Waals surface area contributed by atoms with Gasteiger partial charge in [-0.05, 0) is 116 Å². The molecular weight excluding hydrogens is 795 g/mol. The minimum Gasteiger partial charge on any atom is -0.456 e. The molecule has 300 valence electrons. The molecule has 1 aliphatic carbocycles. The van der Waals surface area contributed by atoms with Crippen molar-refractivity contribution in [3.8, 4) is 33.4 Å². The van der Waals surface area contributed by atoms with Crippen LogP contribution in [0.15, 0.2) is 241 Å². The number of hydrogen-bond donors (Lipinski definition) is 0. The first kappa shape index (κ1) is 36.7. The molecule has 0 fully saturated rings. The summed E-state index contributed by atoms with van der Waals surface area (Å²) in [7, 11) is 0. The predicted molar refractivity (Wildman–Crippen MR) is 269 cm³/mol. The van der Waals surface area contributed by atoms with Crippen LogP contribution in [0.1, 0.15) is 22.3 Å². The zero-order chi connectivity index (χ0) is 42.2. The lowest BCUT2D eigenvalue weighted by Gasteiger charge is -2.35. The third-order valence-electron chi connectivity index (χ3n) is 13.3. The standard InChI is InChI=1S/C61H39NOS/c1-4-17-40(18-5-1)42-34-36-55-50(37-42)59-53(28-15-30-56(59)63-55)62(54-29-16-32-58-60(54)49-26-11-13-31-57(49)64-58)46-24-14-23-45(39-46)61(44-21-8-3-9-22-44)51-27-12-10-25-47(51)48-35-33-43(38-52(48)61)41-19-6-2-7-20-41/h1-39H. The monoisotopic (exact) mass is 833 g/mol. The van der Waals surface area contributed by atoms with Crippen molar-refractivity contribution in [3.05, 3.63) is 259 Å². The zero-order valence-electron chi connectivity index (χ0n) is 34.8. The summed E-state index contributed by atoms with van der Waals surface area (Å²) in [5.41, 5.74) is 16.6. The Labute approximate surface area is 375 Å². The largest absolute Gasteiger partial charge is 0.456 e. The minimum absolute atomic E-state index is 0.611. The van der Waals surface area contributed by atoms with E-state index in [2.05, 4.69) is 241 Å². The fraction of sp³-hybridized carbons (Fsp3) is 0.0164. The number of hydrogen-bond acceptors (Lipinski definition) is 3. The Bertz CT molecular complexity index is 3740. The summed E-state index contributed by atoms with van der Waals surface area (Å²) in [4.78, 5) is 2.50. The highest BCUT2D eigenvalue weighted by molar-refractivity contribution is 7.26.